The zero-order valence-corrected chi connectivity index (χ0v) is 11.4. The van der Waals surface area contributed by atoms with E-state index in [9.17, 15) is 4.39 Å². The first kappa shape index (κ1) is 12.7. The standard InChI is InChI=1S/C14H16FN5/c1-9(2)20-13-4-3-10(15)5-12(13)18-14(20)8-19-7-11(16)6-17-19/h3-7,9H,8,16H2,1-2H3. The number of rotatable bonds is 3. The first-order chi connectivity index (χ1) is 9.54. The van der Waals surface area contributed by atoms with Crippen LogP contribution in [0.1, 0.15) is 25.7 Å². The summed E-state index contributed by atoms with van der Waals surface area (Å²) >= 11 is 0. The van der Waals surface area contributed by atoms with E-state index in [2.05, 4.69) is 28.5 Å². The van der Waals surface area contributed by atoms with E-state index < -0.39 is 0 Å². The average molecular weight is 273 g/mol. The minimum atomic E-state index is -0.277. The Morgan fingerprint density at radius 1 is 1.35 bits per heavy atom. The monoisotopic (exact) mass is 273 g/mol. The minimum absolute atomic E-state index is 0.230. The van der Waals surface area contributed by atoms with Crippen LogP contribution in [-0.4, -0.2) is 19.3 Å². The minimum Gasteiger partial charge on any atom is -0.396 e. The van der Waals surface area contributed by atoms with E-state index in [0.29, 0.717) is 17.7 Å². The van der Waals surface area contributed by atoms with Crippen LogP contribution in [0.5, 0.6) is 0 Å². The molecule has 0 saturated carbocycles. The van der Waals surface area contributed by atoms with Crippen LogP contribution in [0.2, 0.25) is 0 Å². The summed E-state index contributed by atoms with van der Waals surface area (Å²) in [7, 11) is 0. The highest BCUT2D eigenvalue weighted by Crippen LogP contribution is 2.22. The van der Waals surface area contributed by atoms with Crippen molar-refractivity contribution in [3.05, 3.63) is 42.2 Å². The van der Waals surface area contributed by atoms with Crippen LogP contribution in [0.3, 0.4) is 0 Å². The maximum Gasteiger partial charge on any atom is 0.131 e. The molecule has 2 N–H and O–H groups in total. The van der Waals surface area contributed by atoms with E-state index in [-0.39, 0.29) is 11.9 Å². The van der Waals surface area contributed by atoms with E-state index in [1.807, 2.05) is 0 Å². The number of nitrogen functional groups attached to an aromatic ring is 1. The van der Waals surface area contributed by atoms with E-state index in [1.54, 1.807) is 23.1 Å². The van der Waals surface area contributed by atoms with Crippen molar-refractivity contribution in [2.45, 2.75) is 26.4 Å². The van der Waals surface area contributed by atoms with Gasteiger partial charge < -0.3 is 10.3 Å². The Morgan fingerprint density at radius 2 is 2.15 bits per heavy atom. The molecule has 2 heterocycles. The molecule has 0 spiro atoms. The molecule has 0 unspecified atom stereocenters. The lowest BCUT2D eigenvalue weighted by atomic mass is 10.3. The third kappa shape index (κ3) is 2.13. The van der Waals surface area contributed by atoms with Gasteiger partial charge in [-0.15, -0.1) is 0 Å². The third-order valence-corrected chi connectivity index (χ3v) is 3.20. The van der Waals surface area contributed by atoms with E-state index in [0.717, 1.165) is 11.3 Å². The molecule has 0 radical (unpaired) electrons. The Labute approximate surface area is 115 Å². The number of benzene rings is 1. The largest absolute Gasteiger partial charge is 0.396 e. The van der Waals surface area contributed by atoms with Gasteiger partial charge in [0.25, 0.3) is 0 Å². The molecule has 0 fully saturated rings. The van der Waals surface area contributed by atoms with E-state index in [4.69, 9.17) is 5.73 Å². The number of aromatic nitrogens is 4. The zero-order chi connectivity index (χ0) is 14.3. The van der Waals surface area contributed by atoms with Crippen LogP contribution in [-0.2, 0) is 6.54 Å². The van der Waals surface area contributed by atoms with Gasteiger partial charge in [0, 0.05) is 18.3 Å². The molecule has 6 heteroatoms. The number of fused-ring (bicyclic) bond motifs is 1. The molecule has 104 valence electrons. The van der Waals surface area contributed by atoms with Crippen LogP contribution < -0.4 is 5.73 Å². The van der Waals surface area contributed by atoms with Gasteiger partial charge in [0.1, 0.15) is 11.6 Å². The molecule has 2 aromatic heterocycles. The summed E-state index contributed by atoms with van der Waals surface area (Å²) in [5.41, 5.74) is 7.87. The summed E-state index contributed by atoms with van der Waals surface area (Å²) in [6.07, 6.45) is 3.35. The molecule has 3 aromatic rings. The Morgan fingerprint density at radius 3 is 2.80 bits per heavy atom. The van der Waals surface area contributed by atoms with Crippen molar-refractivity contribution in [2.24, 2.45) is 0 Å². The maximum atomic E-state index is 13.3. The average Bonchev–Trinajstić information content (AvgIpc) is 2.92. The Hall–Kier alpha value is -2.37. The predicted octanol–water partition coefficient (Wildman–Crippen LogP) is 2.58. The van der Waals surface area contributed by atoms with Crippen molar-refractivity contribution in [1.82, 2.24) is 19.3 Å². The van der Waals surface area contributed by atoms with Gasteiger partial charge in [-0.1, -0.05) is 0 Å². The number of hydrogen-bond donors (Lipinski definition) is 1. The first-order valence-electron chi connectivity index (χ1n) is 6.49. The quantitative estimate of drug-likeness (QED) is 0.797. The fraction of sp³-hybridized carbons (Fsp3) is 0.286. The number of imidazole rings is 1. The summed E-state index contributed by atoms with van der Waals surface area (Å²) in [6, 6.07) is 4.90. The molecule has 0 aliphatic heterocycles. The van der Waals surface area contributed by atoms with E-state index >= 15 is 0 Å². The van der Waals surface area contributed by atoms with Crippen LogP contribution >= 0.6 is 0 Å². The van der Waals surface area contributed by atoms with Crippen LogP contribution in [0.4, 0.5) is 10.1 Å². The molecule has 20 heavy (non-hydrogen) atoms. The second-order valence-electron chi connectivity index (χ2n) is 5.10. The Balaban J connectivity index is 2.11. The number of anilines is 1. The second-order valence-corrected chi connectivity index (χ2v) is 5.10. The Kier molecular flexibility index (Phi) is 2.93. The number of nitrogens with two attached hydrogens (primary N) is 1. The lowest BCUT2D eigenvalue weighted by molar-refractivity contribution is 0.551. The lowest BCUT2D eigenvalue weighted by Gasteiger charge is -2.13. The summed E-state index contributed by atoms with van der Waals surface area (Å²) in [5, 5.41) is 4.16. The predicted molar refractivity (Wildman–Crippen MR) is 75.8 cm³/mol. The highest BCUT2D eigenvalue weighted by atomic mass is 19.1. The van der Waals surface area contributed by atoms with Crippen LogP contribution in [0.15, 0.2) is 30.6 Å². The highest BCUT2D eigenvalue weighted by Gasteiger charge is 2.14. The number of nitrogens with zero attached hydrogens (tertiary/aromatic N) is 4. The van der Waals surface area contributed by atoms with E-state index in [1.165, 1.54) is 12.1 Å². The number of halogens is 1. The molecular weight excluding hydrogens is 257 g/mol. The van der Waals surface area contributed by atoms with Crippen molar-refractivity contribution in [3.8, 4) is 0 Å². The summed E-state index contributed by atoms with van der Waals surface area (Å²) in [5.74, 6) is 0.560. The molecular formula is C14H16FN5. The normalized spacial score (nSPS) is 11.6. The van der Waals surface area contributed by atoms with Crippen molar-refractivity contribution < 1.29 is 4.39 Å². The number of hydrogen-bond acceptors (Lipinski definition) is 3. The topological polar surface area (TPSA) is 61.7 Å². The van der Waals surface area contributed by atoms with Gasteiger partial charge in [-0.25, -0.2) is 9.37 Å². The molecule has 0 amide bonds. The van der Waals surface area contributed by atoms with Crippen molar-refractivity contribution in [3.63, 3.8) is 0 Å². The fourth-order valence-electron chi connectivity index (χ4n) is 2.42. The molecule has 0 aliphatic carbocycles. The van der Waals surface area contributed by atoms with Crippen LogP contribution in [0, 0.1) is 5.82 Å². The molecule has 1 aromatic carbocycles. The SMILES string of the molecule is CC(C)n1c(Cn2cc(N)cn2)nc2cc(F)ccc21. The van der Waals surface area contributed by atoms with Gasteiger partial charge in [0.05, 0.1) is 29.5 Å². The van der Waals surface area contributed by atoms with Gasteiger partial charge in [0.15, 0.2) is 0 Å². The van der Waals surface area contributed by atoms with Crippen molar-refractivity contribution in [2.75, 3.05) is 5.73 Å². The third-order valence-electron chi connectivity index (χ3n) is 3.20. The van der Waals surface area contributed by atoms with Gasteiger partial charge in [0.2, 0.25) is 0 Å². The van der Waals surface area contributed by atoms with Crippen LogP contribution in [0.25, 0.3) is 11.0 Å². The maximum absolute atomic E-state index is 13.3. The highest BCUT2D eigenvalue weighted by molar-refractivity contribution is 5.76. The summed E-state index contributed by atoms with van der Waals surface area (Å²) < 4.78 is 17.1. The van der Waals surface area contributed by atoms with Gasteiger partial charge in [-0.2, -0.15) is 5.10 Å². The Bertz CT molecular complexity index is 756. The van der Waals surface area contributed by atoms with Gasteiger partial charge >= 0.3 is 0 Å². The molecule has 3 rings (SSSR count). The molecule has 0 bridgehead atoms. The molecule has 5 nitrogen and oxygen atoms in total. The van der Waals surface area contributed by atoms with Gasteiger partial charge in [-0.3, -0.25) is 4.68 Å². The second kappa shape index (κ2) is 4.63. The molecule has 0 atom stereocenters. The zero-order valence-electron chi connectivity index (χ0n) is 11.4. The fourth-order valence-corrected chi connectivity index (χ4v) is 2.42. The first-order valence-corrected chi connectivity index (χ1v) is 6.49. The molecule has 0 aliphatic rings. The van der Waals surface area contributed by atoms with Gasteiger partial charge in [-0.05, 0) is 26.0 Å². The van der Waals surface area contributed by atoms with Crippen molar-refractivity contribution in [1.29, 1.82) is 0 Å². The smallest absolute Gasteiger partial charge is 0.131 e. The summed E-state index contributed by atoms with van der Waals surface area (Å²) in [6.45, 7) is 4.66. The molecule has 0 saturated heterocycles. The lowest BCUT2D eigenvalue weighted by Crippen LogP contribution is -2.11. The summed E-state index contributed by atoms with van der Waals surface area (Å²) in [4.78, 5) is 4.52. The van der Waals surface area contributed by atoms with Crippen molar-refractivity contribution >= 4 is 16.7 Å².